The Kier molecular flexibility index (Phi) is 3.45. The molecule has 4 rings (SSSR count). The Morgan fingerprint density at radius 2 is 2.05 bits per heavy atom. The first kappa shape index (κ1) is 13.6. The quantitative estimate of drug-likeness (QED) is 0.859. The highest BCUT2D eigenvalue weighted by Crippen LogP contribution is 2.33. The fourth-order valence-electron chi connectivity index (χ4n) is 3.20. The summed E-state index contributed by atoms with van der Waals surface area (Å²) in [4.78, 5) is 19.6. The maximum absolute atomic E-state index is 12.0. The van der Waals surface area contributed by atoms with E-state index < -0.39 is 0 Å². The number of ether oxygens (including phenoxy) is 1. The van der Waals surface area contributed by atoms with Crippen LogP contribution in [0.2, 0.25) is 0 Å². The number of nitrogens with one attached hydrogen (secondary N) is 1. The number of carbonyl (C=O) groups excluding carboxylic acids is 1. The van der Waals surface area contributed by atoms with Crippen molar-refractivity contribution < 1.29 is 9.53 Å². The van der Waals surface area contributed by atoms with Gasteiger partial charge in [0.05, 0.1) is 18.6 Å². The van der Waals surface area contributed by atoms with Crippen molar-refractivity contribution in [2.24, 2.45) is 5.92 Å². The molecule has 0 saturated heterocycles. The zero-order valence-corrected chi connectivity index (χ0v) is 12.5. The minimum Gasteiger partial charge on any atom is -0.493 e. The predicted molar refractivity (Wildman–Crippen MR) is 83.3 cm³/mol. The van der Waals surface area contributed by atoms with Gasteiger partial charge in [-0.05, 0) is 56.4 Å². The third kappa shape index (κ3) is 2.65. The second kappa shape index (κ2) is 5.59. The Bertz CT molecular complexity index is 671. The molecule has 2 aliphatic carbocycles. The first-order chi connectivity index (χ1) is 10.8. The van der Waals surface area contributed by atoms with Crippen molar-refractivity contribution in [3.8, 4) is 5.75 Å². The van der Waals surface area contributed by atoms with Gasteiger partial charge in [0.25, 0.3) is 0 Å². The lowest BCUT2D eigenvalue weighted by atomic mass is 9.90. The molecular weight excluding hydrogens is 276 g/mol. The number of benzene rings is 1. The number of aromatic nitrogens is 2. The molecule has 1 aromatic carbocycles. The van der Waals surface area contributed by atoms with E-state index in [9.17, 15) is 4.79 Å². The number of carbonyl (C=O) groups is 1. The zero-order chi connectivity index (χ0) is 14.9. The molecule has 22 heavy (non-hydrogen) atoms. The molecule has 0 spiro atoms. The number of hydrogen-bond acceptors (Lipinski definition) is 3. The number of imidazole rings is 1. The zero-order valence-electron chi connectivity index (χ0n) is 12.5. The lowest BCUT2D eigenvalue weighted by Crippen LogP contribution is -2.16. The smallest absolute Gasteiger partial charge is 0.165 e. The third-order valence-corrected chi connectivity index (χ3v) is 4.66. The molecule has 1 N–H and O–H groups in total. The van der Waals surface area contributed by atoms with Gasteiger partial charge < -0.3 is 9.72 Å². The standard InChI is InChI=1S/C18H20N2O2/c21-18(12-4-5-12)13-6-8-15(9-7-13)22-10-14-2-1-3-16-17(14)20-11-19-16/h6-9,11-12,14H,1-5,10H2,(H,19,20). The average Bonchev–Trinajstić information content (AvgIpc) is 3.30. The Morgan fingerprint density at radius 1 is 1.23 bits per heavy atom. The van der Waals surface area contributed by atoms with Crippen LogP contribution in [-0.4, -0.2) is 22.4 Å². The van der Waals surface area contributed by atoms with Crippen LogP contribution in [0, 0.1) is 5.92 Å². The molecule has 1 heterocycles. The van der Waals surface area contributed by atoms with Gasteiger partial charge in [-0.3, -0.25) is 4.79 Å². The summed E-state index contributed by atoms with van der Waals surface area (Å²) in [5.74, 6) is 1.74. The first-order valence-electron chi connectivity index (χ1n) is 8.10. The minimum atomic E-state index is 0.270. The second-order valence-corrected chi connectivity index (χ2v) is 6.33. The molecule has 2 aromatic rings. The lowest BCUT2D eigenvalue weighted by Gasteiger charge is -2.21. The van der Waals surface area contributed by atoms with Gasteiger partial charge in [-0.15, -0.1) is 0 Å². The second-order valence-electron chi connectivity index (χ2n) is 6.33. The van der Waals surface area contributed by atoms with E-state index in [1.165, 1.54) is 12.1 Å². The number of fused-ring (bicyclic) bond motifs is 1. The molecule has 4 nitrogen and oxygen atoms in total. The monoisotopic (exact) mass is 296 g/mol. The number of Topliss-reactive ketones (excluding diaryl/α,β-unsaturated/α-hetero) is 1. The van der Waals surface area contributed by atoms with Crippen LogP contribution in [-0.2, 0) is 6.42 Å². The van der Waals surface area contributed by atoms with E-state index in [0.717, 1.165) is 42.7 Å². The highest BCUT2D eigenvalue weighted by Gasteiger charge is 2.30. The summed E-state index contributed by atoms with van der Waals surface area (Å²) >= 11 is 0. The number of hydrogen-bond donors (Lipinski definition) is 1. The van der Waals surface area contributed by atoms with Crippen LogP contribution in [0.4, 0.5) is 0 Å². The largest absolute Gasteiger partial charge is 0.493 e. The van der Waals surface area contributed by atoms with E-state index in [1.807, 2.05) is 24.3 Å². The molecule has 1 unspecified atom stereocenters. The summed E-state index contributed by atoms with van der Waals surface area (Å²) in [6.07, 6.45) is 7.26. The number of H-pyrrole nitrogens is 1. The van der Waals surface area contributed by atoms with Crippen LogP contribution >= 0.6 is 0 Å². The maximum atomic E-state index is 12.0. The molecule has 1 fully saturated rings. The Labute approximate surface area is 129 Å². The van der Waals surface area contributed by atoms with E-state index in [4.69, 9.17) is 4.74 Å². The molecule has 1 aromatic heterocycles. The number of aromatic amines is 1. The lowest BCUT2D eigenvalue weighted by molar-refractivity contribution is 0.0967. The Hall–Kier alpha value is -2.10. The van der Waals surface area contributed by atoms with Crippen LogP contribution in [0.1, 0.15) is 53.3 Å². The molecule has 0 amide bonds. The molecule has 0 radical (unpaired) electrons. The van der Waals surface area contributed by atoms with Gasteiger partial charge in [-0.2, -0.15) is 0 Å². The van der Waals surface area contributed by atoms with Crippen LogP contribution in [0.3, 0.4) is 0 Å². The summed E-state index contributed by atoms with van der Waals surface area (Å²) < 4.78 is 5.92. The normalized spacial score (nSPS) is 20.5. The highest BCUT2D eigenvalue weighted by atomic mass is 16.5. The Balaban J connectivity index is 1.39. The topological polar surface area (TPSA) is 55.0 Å². The van der Waals surface area contributed by atoms with Gasteiger partial charge in [0.15, 0.2) is 5.78 Å². The van der Waals surface area contributed by atoms with Crippen LogP contribution in [0.25, 0.3) is 0 Å². The van der Waals surface area contributed by atoms with Gasteiger partial charge in [-0.25, -0.2) is 4.98 Å². The molecule has 2 aliphatic rings. The first-order valence-corrected chi connectivity index (χ1v) is 8.10. The fraction of sp³-hybridized carbons (Fsp3) is 0.444. The molecular formula is C18H20N2O2. The van der Waals surface area contributed by atoms with Crippen molar-refractivity contribution >= 4 is 5.78 Å². The van der Waals surface area contributed by atoms with Crippen molar-refractivity contribution in [2.75, 3.05) is 6.61 Å². The number of aryl methyl sites for hydroxylation is 1. The number of rotatable bonds is 5. The molecule has 0 bridgehead atoms. The van der Waals surface area contributed by atoms with Gasteiger partial charge in [-0.1, -0.05) is 0 Å². The van der Waals surface area contributed by atoms with E-state index in [-0.39, 0.29) is 11.7 Å². The Morgan fingerprint density at radius 3 is 2.82 bits per heavy atom. The average molecular weight is 296 g/mol. The van der Waals surface area contributed by atoms with Gasteiger partial charge in [0.2, 0.25) is 0 Å². The van der Waals surface area contributed by atoms with Gasteiger partial charge in [0, 0.05) is 23.1 Å². The third-order valence-electron chi connectivity index (χ3n) is 4.66. The molecule has 1 saturated carbocycles. The van der Waals surface area contributed by atoms with Gasteiger partial charge >= 0.3 is 0 Å². The molecule has 0 aliphatic heterocycles. The minimum absolute atomic E-state index is 0.270. The SMILES string of the molecule is O=C(c1ccc(OCC2CCCc3[nH]cnc32)cc1)C1CC1. The van der Waals surface area contributed by atoms with Crippen molar-refractivity contribution in [2.45, 2.75) is 38.0 Å². The summed E-state index contributed by atoms with van der Waals surface area (Å²) in [6.45, 7) is 0.647. The highest BCUT2D eigenvalue weighted by molar-refractivity contribution is 5.99. The van der Waals surface area contributed by atoms with Crippen molar-refractivity contribution in [3.05, 3.63) is 47.5 Å². The summed E-state index contributed by atoms with van der Waals surface area (Å²) in [5, 5.41) is 0. The van der Waals surface area contributed by atoms with E-state index >= 15 is 0 Å². The van der Waals surface area contributed by atoms with Gasteiger partial charge in [0.1, 0.15) is 5.75 Å². The summed E-state index contributed by atoms with van der Waals surface area (Å²) in [6, 6.07) is 7.58. The van der Waals surface area contributed by atoms with Crippen molar-refractivity contribution in [1.82, 2.24) is 9.97 Å². The molecule has 1 atom stereocenters. The number of nitrogens with zero attached hydrogens (tertiary/aromatic N) is 1. The molecule has 4 heteroatoms. The van der Waals surface area contributed by atoms with Crippen LogP contribution in [0.5, 0.6) is 5.75 Å². The fourth-order valence-corrected chi connectivity index (χ4v) is 3.20. The van der Waals surface area contributed by atoms with Crippen molar-refractivity contribution in [1.29, 1.82) is 0 Å². The van der Waals surface area contributed by atoms with Crippen LogP contribution < -0.4 is 4.74 Å². The van der Waals surface area contributed by atoms with E-state index in [1.54, 1.807) is 6.33 Å². The summed E-state index contributed by atoms with van der Waals surface area (Å²) in [7, 11) is 0. The maximum Gasteiger partial charge on any atom is 0.165 e. The van der Waals surface area contributed by atoms with Crippen molar-refractivity contribution in [3.63, 3.8) is 0 Å². The molecule has 114 valence electrons. The summed E-state index contributed by atoms with van der Waals surface area (Å²) in [5.41, 5.74) is 3.22. The van der Waals surface area contributed by atoms with E-state index in [2.05, 4.69) is 9.97 Å². The van der Waals surface area contributed by atoms with Crippen LogP contribution in [0.15, 0.2) is 30.6 Å². The predicted octanol–water partition coefficient (Wildman–Crippen LogP) is 3.50. The number of ketones is 1. The van der Waals surface area contributed by atoms with E-state index in [0.29, 0.717) is 12.5 Å².